The zero-order chi connectivity index (χ0) is 15.6. The van der Waals surface area contributed by atoms with Crippen molar-refractivity contribution in [2.75, 3.05) is 19.0 Å². The number of nitrogens with zero attached hydrogens (tertiary/aromatic N) is 2. The van der Waals surface area contributed by atoms with Crippen molar-refractivity contribution in [1.29, 1.82) is 0 Å². The van der Waals surface area contributed by atoms with E-state index in [0.717, 1.165) is 15.3 Å². The van der Waals surface area contributed by atoms with Gasteiger partial charge in [0.25, 0.3) is 0 Å². The van der Waals surface area contributed by atoms with Crippen molar-refractivity contribution in [3.63, 3.8) is 0 Å². The number of anilines is 1. The lowest BCUT2D eigenvalue weighted by Gasteiger charge is -2.29. The predicted octanol–water partition coefficient (Wildman–Crippen LogP) is 3.80. The van der Waals surface area contributed by atoms with Gasteiger partial charge in [-0.15, -0.1) is 0 Å². The van der Waals surface area contributed by atoms with Crippen LogP contribution in [0.3, 0.4) is 0 Å². The molecular weight excluding hydrogens is 301 g/mol. The van der Waals surface area contributed by atoms with E-state index < -0.39 is 5.60 Å². The highest BCUT2D eigenvalue weighted by Crippen LogP contribution is 2.30. The first kappa shape index (κ1) is 14.9. The highest BCUT2D eigenvalue weighted by Gasteiger charge is 2.29. The second-order valence-electron chi connectivity index (χ2n) is 5.13. The zero-order valence-corrected chi connectivity index (χ0v) is 13.2. The minimum atomic E-state index is -0.776. The van der Waals surface area contributed by atoms with Gasteiger partial charge in [-0.05, 0) is 19.1 Å². The number of benzene rings is 1. The summed E-state index contributed by atoms with van der Waals surface area (Å²) in [5, 5.41) is 4.01. The van der Waals surface area contributed by atoms with Crippen molar-refractivity contribution in [2.45, 2.75) is 12.5 Å². The summed E-state index contributed by atoms with van der Waals surface area (Å²) in [7, 11) is 1.58. The Bertz CT molecular complexity index is 759. The van der Waals surface area contributed by atoms with Crippen molar-refractivity contribution in [3.8, 4) is 0 Å². The number of ether oxygens (including phenoxy) is 1. The third-order valence-electron chi connectivity index (χ3n) is 3.66. The fourth-order valence-corrected chi connectivity index (χ4v) is 3.10. The summed E-state index contributed by atoms with van der Waals surface area (Å²) in [4.78, 5) is 8.51. The number of halogens is 1. The Kier molecular flexibility index (Phi) is 4.04. The molecule has 0 aliphatic rings. The fourth-order valence-electron chi connectivity index (χ4n) is 2.27. The van der Waals surface area contributed by atoms with Crippen LogP contribution in [-0.4, -0.2) is 23.6 Å². The number of hydrogen-bond donors (Lipinski definition) is 1. The summed E-state index contributed by atoms with van der Waals surface area (Å²) in [6, 6.07) is 8.57. The van der Waals surface area contributed by atoms with Crippen molar-refractivity contribution in [2.24, 2.45) is 0 Å². The van der Waals surface area contributed by atoms with E-state index in [1.807, 2.05) is 13.0 Å². The maximum Gasteiger partial charge on any atom is 0.183 e. The number of aromatic nitrogens is 2. The minimum Gasteiger partial charge on any atom is -0.372 e. The molecule has 0 saturated carbocycles. The Hall–Kier alpha value is -2.05. The molecule has 0 amide bonds. The van der Waals surface area contributed by atoms with Gasteiger partial charge in [0.15, 0.2) is 5.13 Å². The molecule has 0 saturated heterocycles. The number of thiazole rings is 1. The lowest BCUT2D eigenvalue weighted by Crippen LogP contribution is -2.34. The second kappa shape index (κ2) is 5.98. The first-order valence-corrected chi connectivity index (χ1v) is 7.68. The van der Waals surface area contributed by atoms with Gasteiger partial charge in [0.2, 0.25) is 0 Å². The van der Waals surface area contributed by atoms with Crippen LogP contribution in [0.25, 0.3) is 10.2 Å². The molecule has 0 fully saturated rings. The molecule has 22 heavy (non-hydrogen) atoms. The standard InChI is InChI=1S/C16H16FN3OS/c1-16(21-2,11-5-3-4-6-12(11)17)10-19-15-20-13-9-18-8-7-14(13)22-15/h3-9H,10H2,1-2H3,(H,19,20). The third-order valence-corrected chi connectivity index (χ3v) is 4.66. The van der Waals surface area contributed by atoms with Crippen LogP contribution in [0.15, 0.2) is 42.7 Å². The SMILES string of the molecule is COC(C)(CNc1nc2cnccc2s1)c1ccccc1F. The van der Waals surface area contributed by atoms with Gasteiger partial charge in [-0.3, -0.25) is 4.98 Å². The molecule has 0 radical (unpaired) electrons. The normalized spacial score (nSPS) is 14.0. The molecule has 0 aliphatic heterocycles. The zero-order valence-electron chi connectivity index (χ0n) is 12.3. The Morgan fingerprint density at radius 2 is 2.14 bits per heavy atom. The number of pyridine rings is 1. The second-order valence-corrected chi connectivity index (χ2v) is 6.16. The quantitative estimate of drug-likeness (QED) is 0.777. The van der Waals surface area contributed by atoms with Gasteiger partial charge in [-0.25, -0.2) is 9.37 Å². The highest BCUT2D eigenvalue weighted by molar-refractivity contribution is 7.22. The molecule has 0 spiro atoms. The van der Waals surface area contributed by atoms with E-state index in [0.29, 0.717) is 12.1 Å². The molecule has 2 heterocycles. The van der Waals surface area contributed by atoms with Gasteiger partial charge in [-0.1, -0.05) is 29.5 Å². The molecule has 1 atom stereocenters. The number of hydrogen-bond acceptors (Lipinski definition) is 5. The van der Waals surface area contributed by atoms with Crippen LogP contribution in [0.4, 0.5) is 9.52 Å². The van der Waals surface area contributed by atoms with Gasteiger partial charge in [0, 0.05) is 18.9 Å². The van der Waals surface area contributed by atoms with Crippen LogP contribution < -0.4 is 5.32 Å². The first-order valence-electron chi connectivity index (χ1n) is 6.87. The molecule has 3 rings (SSSR count). The van der Waals surface area contributed by atoms with E-state index in [1.165, 1.54) is 17.4 Å². The summed E-state index contributed by atoms with van der Waals surface area (Å²) in [5.74, 6) is -0.276. The van der Waals surface area contributed by atoms with E-state index in [1.54, 1.807) is 37.7 Å². The van der Waals surface area contributed by atoms with Crippen LogP contribution >= 0.6 is 11.3 Å². The molecule has 1 N–H and O–H groups in total. The van der Waals surface area contributed by atoms with Crippen LogP contribution in [0.2, 0.25) is 0 Å². The number of nitrogens with one attached hydrogen (secondary N) is 1. The highest BCUT2D eigenvalue weighted by atomic mass is 32.1. The summed E-state index contributed by atoms with van der Waals surface area (Å²) in [5.41, 5.74) is 0.592. The molecule has 3 aromatic rings. The third kappa shape index (κ3) is 2.80. The predicted molar refractivity (Wildman–Crippen MR) is 86.7 cm³/mol. The maximum atomic E-state index is 14.0. The van der Waals surface area contributed by atoms with Gasteiger partial charge in [-0.2, -0.15) is 0 Å². The largest absolute Gasteiger partial charge is 0.372 e. The maximum absolute atomic E-state index is 14.0. The number of rotatable bonds is 5. The van der Waals surface area contributed by atoms with Crippen LogP contribution in [0.5, 0.6) is 0 Å². The average molecular weight is 317 g/mol. The molecule has 1 aromatic carbocycles. The van der Waals surface area contributed by atoms with Crippen LogP contribution in [-0.2, 0) is 10.3 Å². The Morgan fingerprint density at radius 1 is 1.32 bits per heavy atom. The van der Waals surface area contributed by atoms with Crippen molar-refractivity contribution in [1.82, 2.24) is 9.97 Å². The molecule has 6 heteroatoms. The minimum absolute atomic E-state index is 0.276. The molecule has 0 aliphatic carbocycles. The Balaban J connectivity index is 1.82. The summed E-state index contributed by atoms with van der Waals surface area (Å²) < 4.78 is 20.7. The Labute approximate surface area is 132 Å². The fraction of sp³-hybridized carbons (Fsp3) is 0.250. The van der Waals surface area contributed by atoms with E-state index in [4.69, 9.17) is 4.74 Å². The van der Waals surface area contributed by atoms with Crippen molar-refractivity contribution >= 4 is 26.7 Å². The van der Waals surface area contributed by atoms with Gasteiger partial charge < -0.3 is 10.1 Å². The molecule has 1 unspecified atom stereocenters. The molecule has 4 nitrogen and oxygen atoms in total. The van der Waals surface area contributed by atoms with Gasteiger partial charge in [0.1, 0.15) is 16.9 Å². The average Bonchev–Trinajstić information content (AvgIpc) is 2.96. The first-order chi connectivity index (χ1) is 10.6. The molecular formula is C16H16FN3OS. The molecule has 114 valence electrons. The van der Waals surface area contributed by atoms with E-state index in [2.05, 4.69) is 15.3 Å². The van der Waals surface area contributed by atoms with Gasteiger partial charge in [0.05, 0.1) is 17.4 Å². The lowest BCUT2D eigenvalue weighted by atomic mass is 9.95. The van der Waals surface area contributed by atoms with Gasteiger partial charge >= 0.3 is 0 Å². The topological polar surface area (TPSA) is 47.0 Å². The molecule has 0 bridgehead atoms. The van der Waals surface area contributed by atoms with Crippen LogP contribution in [0.1, 0.15) is 12.5 Å². The van der Waals surface area contributed by atoms with Crippen molar-refractivity contribution < 1.29 is 9.13 Å². The molecule has 2 aromatic heterocycles. The van der Waals surface area contributed by atoms with Crippen LogP contribution in [0, 0.1) is 5.82 Å². The summed E-state index contributed by atoms with van der Waals surface area (Å²) in [6.45, 7) is 2.27. The number of fused-ring (bicyclic) bond motifs is 1. The van der Waals surface area contributed by atoms with Crippen molar-refractivity contribution in [3.05, 3.63) is 54.1 Å². The number of methoxy groups -OCH3 is 1. The van der Waals surface area contributed by atoms with E-state index in [9.17, 15) is 4.39 Å². The lowest BCUT2D eigenvalue weighted by molar-refractivity contribution is 0.0109. The smallest absolute Gasteiger partial charge is 0.183 e. The summed E-state index contributed by atoms with van der Waals surface area (Å²) in [6.07, 6.45) is 3.46. The summed E-state index contributed by atoms with van der Waals surface area (Å²) >= 11 is 1.54. The van der Waals surface area contributed by atoms with E-state index >= 15 is 0 Å². The Morgan fingerprint density at radius 3 is 2.86 bits per heavy atom. The van der Waals surface area contributed by atoms with E-state index in [-0.39, 0.29) is 5.82 Å². The monoisotopic (exact) mass is 317 g/mol.